The first-order chi connectivity index (χ1) is 12.9. The van der Waals surface area contributed by atoms with Crippen molar-refractivity contribution in [3.8, 4) is 11.5 Å². The molecule has 150 valence electrons. The molecule has 0 saturated heterocycles. The number of rotatable bonds is 2. The minimum atomic E-state index is -5.06. The minimum Gasteiger partial charge on any atom is -0.486 e. The first kappa shape index (κ1) is 20.1. The van der Waals surface area contributed by atoms with E-state index in [-0.39, 0.29) is 35.7 Å². The van der Waals surface area contributed by atoms with Crippen LogP contribution in [0.4, 0.5) is 32.0 Å². The van der Waals surface area contributed by atoms with Crippen molar-refractivity contribution in [3.05, 3.63) is 52.0 Å². The SMILES string of the molecule is O=C(Nc1cc2c(cc1Cl)OCCO2)c1cc(C(F)(F)F)cc(C(F)(F)F)c1. The van der Waals surface area contributed by atoms with E-state index in [1.807, 2.05) is 0 Å². The van der Waals surface area contributed by atoms with Crippen LogP contribution in [-0.2, 0) is 12.4 Å². The quantitative estimate of drug-likeness (QED) is 0.655. The van der Waals surface area contributed by atoms with Crippen LogP contribution in [0.25, 0.3) is 0 Å². The van der Waals surface area contributed by atoms with E-state index in [0.29, 0.717) is 17.9 Å². The van der Waals surface area contributed by atoms with Crippen molar-refractivity contribution in [2.45, 2.75) is 12.4 Å². The predicted molar refractivity (Wildman–Crippen MR) is 86.8 cm³/mol. The largest absolute Gasteiger partial charge is 0.486 e. The summed E-state index contributed by atoms with van der Waals surface area (Å²) >= 11 is 5.99. The summed E-state index contributed by atoms with van der Waals surface area (Å²) in [6.07, 6.45) is -10.1. The first-order valence-corrected chi connectivity index (χ1v) is 8.03. The third kappa shape index (κ3) is 4.27. The summed E-state index contributed by atoms with van der Waals surface area (Å²) in [5.41, 5.74) is -4.07. The number of alkyl halides is 6. The monoisotopic (exact) mass is 425 g/mol. The van der Waals surface area contributed by atoms with Crippen molar-refractivity contribution in [1.82, 2.24) is 0 Å². The minimum absolute atomic E-state index is 0.0272. The van der Waals surface area contributed by atoms with Gasteiger partial charge in [-0.15, -0.1) is 0 Å². The zero-order chi connectivity index (χ0) is 20.7. The van der Waals surface area contributed by atoms with Crippen LogP contribution in [0.1, 0.15) is 21.5 Å². The van der Waals surface area contributed by atoms with Crippen LogP contribution in [0, 0.1) is 0 Å². The molecular weight excluding hydrogens is 416 g/mol. The van der Waals surface area contributed by atoms with E-state index in [4.69, 9.17) is 21.1 Å². The summed E-state index contributed by atoms with van der Waals surface area (Å²) in [6, 6.07) is 3.19. The van der Waals surface area contributed by atoms with Crippen LogP contribution in [-0.4, -0.2) is 19.1 Å². The molecule has 1 aliphatic rings. The van der Waals surface area contributed by atoms with Gasteiger partial charge in [0.25, 0.3) is 5.91 Å². The maximum Gasteiger partial charge on any atom is 0.416 e. The highest BCUT2D eigenvalue weighted by atomic mass is 35.5. The number of carbonyl (C=O) groups excluding carboxylic acids is 1. The Morgan fingerprint density at radius 3 is 1.86 bits per heavy atom. The molecule has 0 aliphatic carbocycles. The van der Waals surface area contributed by atoms with E-state index in [2.05, 4.69) is 5.32 Å². The second kappa shape index (κ2) is 7.08. The third-order valence-electron chi connectivity index (χ3n) is 3.73. The molecule has 0 unspecified atom stereocenters. The molecule has 0 atom stereocenters. The summed E-state index contributed by atoms with van der Waals surface area (Å²) in [7, 11) is 0. The zero-order valence-electron chi connectivity index (χ0n) is 13.7. The zero-order valence-corrected chi connectivity index (χ0v) is 14.4. The Hall–Kier alpha value is -2.62. The Kier molecular flexibility index (Phi) is 5.09. The van der Waals surface area contributed by atoms with Crippen molar-refractivity contribution >= 4 is 23.2 Å². The molecule has 0 bridgehead atoms. The molecule has 0 aromatic heterocycles. The summed E-state index contributed by atoms with van der Waals surface area (Å²) in [5, 5.41) is 2.17. The molecule has 1 amide bonds. The number of benzene rings is 2. The molecular formula is C17H10ClF6NO3. The highest BCUT2D eigenvalue weighted by Crippen LogP contribution is 2.39. The molecule has 0 fully saturated rings. The van der Waals surface area contributed by atoms with Crippen LogP contribution < -0.4 is 14.8 Å². The van der Waals surface area contributed by atoms with Crippen LogP contribution in [0.3, 0.4) is 0 Å². The lowest BCUT2D eigenvalue weighted by molar-refractivity contribution is -0.143. The highest BCUT2D eigenvalue weighted by molar-refractivity contribution is 6.34. The maximum absolute atomic E-state index is 12.9. The Morgan fingerprint density at radius 1 is 0.857 bits per heavy atom. The van der Waals surface area contributed by atoms with E-state index in [9.17, 15) is 31.1 Å². The molecule has 0 spiro atoms. The van der Waals surface area contributed by atoms with Gasteiger partial charge in [0.15, 0.2) is 11.5 Å². The fraction of sp³-hybridized carbons (Fsp3) is 0.235. The molecule has 0 saturated carbocycles. The summed E-state index contributed by atoms with van der Waals surface area (Å²) in [4.78, 5) is 12.3. The Labute approximate surface area is 159 Å². The van der Waals surface area contributed by atoms with Gasteiger partial charge in [-0.2, -0.15) is 26.3 Å². The molecule has 2 aromatic rings. The van der Waals surface area contributed by atoms with Crippen molar-refractivity contribution in [2.75, 3.05) is 18.5 Å². The van der Waals surface area contributed by atoms with Crippen LogP contribution in [0.5, 0.6) is 11.5 Å². The van der Waals surface area contributed by atoms with Gasteiger partial charge < -0.3 is 14.8 Å². The predicted octanol–water partition coefficient (Wildman–Crippen LogP) is 5.40. The summed E-state index contributed by atoms with van der Waals surface area (Å²) in [6.45, 7) is 0.504. The van der Waals surface area contributed by atoms with E-state index in [1.54, 1.807) is 0 Å². The smallest absolute Gasteiger partial charge is 0.416 e. The van der Waals surface area contributed by atoms with Gasteiger partial charge in [-0.1, -0.05) is 11.6 Å². The lowest BCUT2D eigenvalue weighted by atomic mass is 10.0. The molecule has 2 aromatic carbocycles. The molecule has 3 rings (SSSR count). The fourth-order valence-electron chi connectivity index (χ4n) is 2.44. The summed E-state index contributed by atoms with van der Waals surface area (Å²) in [5.74, 6) is -0.672. The molecule has 1 aliphatic heterocycles. The lowest BCUT2D eigenvalue weighted by Gasteiger charge is -2.20. The first-order valence-electron chi connectivity index (χ1n) is 7.65. The van der Waals surface area contributed by atoms with Crippen molar-refractivity contribution < 1.29 is 40.6 Å². The number of carbonyl (C=O) groups is 1. The third-order valence-corrected chi connectivity index (χ3v) is 4.04. The average Bonchev–Trinajstić information content (AvgIpc) is 2.60. The second-order valence-electron chi connectivity index (χ2n) is 5.72. The topological polar surface area (TPSA) is 47.6 Å². The molecule has 0 radical (unpaired) electrons. The van der Waals surface area contributed by atoms with Gasteiger partial charge in [-0.25, -0.2) is 0 Å². The number of fused-ring (bicyclic) bond motifs is 1. The van der Waals surface area contributed by atoms with Crippen LogP contribution in [0.2, 0.25) is 5.02 Å². The Balaban J connectivity index is 1.96. The van der Waals surface area contributed by atoms with Gasteiger partial charge in [-0.05, 0) is 18.2 Å². The number of hydrogen-bond donors (Lipinski definition) is 1. The Morgan fingerprint density at radius 2 is 1.36 bits per heavy atom. The van der Waals surface area contributed by atoms with Crippen LogP contribution in [0.15, 0.2) is 30.3 Å². The highest BCUT2D eigenvalue weighted by Gasteiger charge is 2.37. The van der Waals surface area contributed by atoms with Gasteiger partial charge in [0, 0.05) is 17.7 Å². The standard InChI is InChI=1S/C17H10ClF6NO3/c18-11-6-13-14(28-2-1-27-13)7-12(11)25-15(26)8-3-9(16(19,20)21)5-10(4-8)17(22,23)24/h3-7H,1-2H2,(H,25,26). The van der Waals surface area contributed by atoms with Gasteiger partial charge in [0.05, 0.1) is 21.8 Å². The number of anilines is 1. The molecule has 1 N–H and O–H groups in total. The fourth-order valence-corrected chi connectivity index (χ4v) is 2.64. The van der Waals surface area contributed by atoms with Crippen molar-refractivity contribution in [2.24, 2.45) is 0 Å². The number of nitrogens with one attached hydrogen (secondary N) is 1. The molecule has 1 heterocycles. The van der Waals surface area contributed by atoms with E-state index in [0.717, 1.165) is 0 Å². The molecule has 4 nitrogen and oxygen atoms in total. The Bertz CT molecular complexity index is 894. The van der Waals surface area contributed by atoms with Gasteiger partial charge in [-0.3, -0.25) is 4.79 Å². The number of ether oxygens (including phenoxy) is 2. The molecule has 28 heavy (non-hydrogen) atoms. The lowest BCUT2D eigenvalue weighted by Crippen LogP contribution is -2.18. The summed E-state index contributed by atoms with van der Waals surface area (Å²) < 4.78 is 88.2. The van der Waals surface area contributed by atoms with Gasteiger partial charge >= 0.3 is 12.4 Å². The van der Waals surface area contributed by atoms with E-state index in [1.165, 1.54) is 12.1 Å². The number of hydrogen-bond acceptors (Lipinski definition) is 3. The molecule has 11 heteroatoms. The number of halogens is 7. The van der Waals surface area contributed by atoms with Gasteiger partial charge in [0.1, 0.15) is 13.2 Å². The number of amides is 1. The van der Waals surface area contributed by atoms with Crippen molar-refractivity contribution in [3.63, 3.8) is 0 Å². The van der Waals surface area contributed by atoms with E-state index < -0.39 is 35.0 Å². The average molecular weight is 426 g/mol. The van der Waals surface area contributed by atoms with Crippen molar-refractivity contribution in [1.29, 1.82) is 0 Å². The van der Waals surface area contributed by atoms with Gasteiger partial charge in [0.2, 0.25) is 0 Å². The normalized spacial score (nSPS) is 14.0. The van der Waals surface area contributed by atoms with E-state index >= 15 is 0 Å². The maximum atomic E-state index is 12.9. The second-order valence-corrected chi connectivity index (χ2v) is 6.13. The van der Waals surface area contributed by atoms with Crippen LogP contribution >= 0.6 is 11.6 Å².